The molecular weight excluding hydrogens is 342 g/mol. The molecule has 2 amide bonds. The van der Waals surface area contributed by atoms with Crippen LogP contribution in [0.4, 0.5) is 5.69 Å². The van der Waals surface area contributed by atoms with E-state index < -0.39 is 0 Å². The maximum Gasteiger partial charge on any atom is 0.270 e. The Morgan fingerprint density at radius 1 is 1.11 bits per heavy atom. The van der Waals surface area contributed by atoms with Gasteiger partial charge >= 0.3 is 0 Å². The van der Waals surface area contributed by atoms with Crippen molar-refractivity contribution in [1.29, 1.82) is 0 Å². The molecule has 0 fully saturated rings. The minimum atomic E-state index is -0.174. The second kappa shape index (κ2) is 8.03. The van der Waals surface area contributed by atoms with Gasteiger partial charge in [0, 0.05) is 19.9 Å². The Bertz CT molecular complexity index is 847. The van der Waals surface area contributed by atoms with Gasteiger partial charge in [-0.05, 0) is 36.8 Å². The number of nitrogens with zero attached hydrogens (tertiary/aromatic N) is 3. The van der Waals surface area contributed by atoms with Gasteiger partial charge in [0.1, 0.15) is 11.5 Å². The Balaban J connectivity index is 1.79. The van der Waals surface area contributed by atoms with E-state index in [4.69, 9.17) is 4.74 Å². The number of methoxy groups -OCH3 is 1. The van der Waals surface area contributed by atoms with Crippen LogP contribution in [-0.2, 0) is 9.59 Å². The number of carbonyl (C=O) groups is 2. The summed E-state index contributed by atoms with van der Waals surface area (Å²) in [5, 5.41) is 5.67. The normalized spacial score (nSPS) is 15.1. The molecule has 6 heteroatoms. The average molecular weight is 365 g/mol. The lowest BCUT2D eigenvalue weighted by Gasteiger charge is -2.29. The van der Waals surface area contributed by atoms with Gasteiger partial charge in [0.15, 0.2) is 0 Å². The standard InChI is InChI=1S/C21H23N3O3/c1-15(16-9-11-18(27-3)12-10-16)23(2)21(26)19-13-14-20(25)24(22-19)17-7-5-4-6-8-17/h4-12,15H,13-14H2,1-3H3. The first-order valence-electron chi connectivity index (χ1n) is 8.88. The maximum absolute atomic E-state index is 13.0. The largest absolute Gasteiger partial charge is 0.497 e. The van der Waals surface area contributed by atoms with Gasteiger partial charge in [-0.25, -0.2) is 5.01 Å². The molecule has 0 aromatic heterocycles. The molecule has 0 radical (unpaired) electrons. The van der Waals surface area contributed by atoms with Crippen molar-refractivity contribution in [2.45, 2.75) is 25.8 Å². The molecule has 0 spiro atoms. The van der Waals surface area contributed by atoms with Crippen LogP contribution in [0.1, 0.15) is 31.4 Å². The van der Waals surface area contributed by atoms with Crippen LogP contribution in [0, 0.1) is 0 Å². The highest BCUT2D eigenvalue weighted by Crippen LogP contribution is 2.24. The number of carbonyl (C=O) groups excluding carboxylic acids is 2. The van der Waals surface area contributed by atoms with Crippen molar-refractivity contribution in [3.63, 3.8) is 0 Å². The Labute approximate surface area is 159 Å². The number of hydrazone groups is 1. The molecule has 1 atom stereocenters. The average Bonchev–Trinajstić information content (AvgIpc) is 2.73. The van der Waals surface area contributed by atoms with E-state index in [1.807, 2.05) is 49.4 Å². The maximum atomic E-state index is 13.0. The summed E-state index contributed by atoms with van der Waals surface area (Å²) in [7, 11) is 3.37. The molecule has 0 saturated heterocycles. The van der Waals surface area contributed by atoms with Gasteiger partial charge in [-0.3, -0.25) is 9.59 Å². The van der Waals surface area contributed by atoms with E-state index in [2.05, 4.69) is 5.10 Å². The van der Waals surface area contributed by atoms with E-state index in [-0.39, 0.29) is 24.3 Å². The molecule has 1 aliphatic heterocycles. The Hall–Kier alpha value is -3.15. The minimum Gasteiger partial charge on any atom is -0.497 e. The van der Waals surface area contributed by atoms with Gasteiger partial charge in [0.05, 0.1) is 18.8 Å². The summed E-state index contributed by atoms with van der Waals surface area (Å²) in [5.41, 5.74) is 2.05. The third kappa shape index (κ3) is 4.00. The molecular formula is C21H23N3O3. The lowest BCUT2D eigenvalue weighted by molar-refractivity contribution is -0.125. The lowest BCUT2D eigenvalue weighted by atomic mass is 10.1. The van der Waals surface area contributed by atoms with Crippen LogP contribution < -0.4 is 9.75 Å². The van der Waals surface area contributed by atoms with Crippen LogP contribution in [0.15, 0.2) is 59.7 Å². The number of hydrogen-bond donors (Lipinski definition) is 0. The van der Waals surface area contributed by atoms with E-state index in [0.717, 1.165) is 11.3 Å². The summed E-state index contributed by atoms with van der Waals surface area (Å²) in [5.74, 6) is 0.490. The van der Waals surface area contributed by atoms with Crippen LogP contribution in [0.25, 0.3) is 0 Å². The summed E-state index contributed by atoms with van der Waals surface area (Å²) < 4.78 is 5.18. The second-order valence-electron chi connectivity index (χ2n) is 6.45. The summed E-state index contributed by atoms with van der Waals surface area (Å²) >= 11 is 0. The van der Waals surface area contributed by atoms with Crippen molar-refractivity contribution in [3.05, 3.63) is 60.2 Å². The van der Waals surface area contributed by atoms with Crippen molar-refractivity contribution < 1.29 is 14.3 Å². The second-order valence-corrected chi connectivity index (χ2v) is 6.45. The quantitative estimate of drug-likeness (QED) is 0.816. The molecule has 1 unspecified atom stereocenters. The van der Waals surface area contributed by atoms with E-state index in [1.165, 1.54) is 5.01 Å². The van der Waals surface area contributed by atoms with Crippen LogP contribution in [0.5, 0.6) is 5.75 Å². The molecule has 0 N–H and O–H groups in total. The predicted molar refractivity (Wildman–Crippen MR) is 105 cm³/mol. The molecule has 0 saturated carbocycles. The van der Waals surface area contributed by atoms with E-state index in [9.17, 15) is 9.59 Å². The first kappa shape index (κ1) is 18.6. The zero-order valence-electron chi connectivity index (χ0n) is 15.8. The molecule has 27 heavy (non-hydrogen) atoms. The number of anilines is 1. The zero-order valence-corrected chi connectivity index (χ0v) is 15.8. The van der Waals surface area contributed by atoms with Crippen LogP contribution in [0.2, 0.25) is 0 Å². The Morgan fingerprint density at radius 3 is 2.41 bits per heavy atom. The van der Waals surface area contributed by atoms with E-state index in [1.54, 1.807) is 31.2 Å². The number of hydrogen-bond acceptors (Lipinski definition) is 4. The first-order chi connectivity index (χ1) is 13.0. The van der Waals surface area contributed by atoms with Crippen molar-refractivity contribution in [2.75, 3.05) is 19.2 Å². The highest BCUT2D eigenvalue weighted by atomic mass is 16.5. The molecule has 0 bridgehead atoms. The highest BCUT2D eigenvalue weighted by Gasteiger charge is 2.29. The van der Waals surface area contributed by atoms with Crippen molar-refractivity contribution in [2.24, 2.45) is 5.10 Å². The monoisotopic (exact) mass is 365 g/mol. The van der Waals surface area contributed by atoms with Gasteiger partial charge in [0.25, 0.3) is 5.91 Å². The fourth-order valence-corrected chi connectivity index (χ4v) is 2.96. The van der Waals surface area contributed by atoms with Crippen LogP contribution in [-0.4, -0.2) is 36.6 Å². The fraction of sp³-hybridized carbons (Fsp3) is 0.286. The third-order valence-corrected chi connectivity index (χ3v) is 4.78. The van der Waals surface area contributed by atoms with Crippen molar-refractivity contribution >= 4 is 23.2 Å². The minimum absolute atomic E-state index is 0.108. The van der Waals surface area contributed by atoms with Crippen molar-refractivity contribution in [1.82, 2.24) is 4.90 Å². The molecule has 3 rings (SSSR count). The van der Waals surface area contributed by atoms with Gasteiger partial charge in [-0.1, -0.05) is 30.3 Å². The number of ether oxygens (including phenoxy) is 1. The van der Waals surface area contributed by atoms with Gasteiger partial charge in [-0.15, -0.1) is 0 Å². The number of rotatable bonds is 5. The molecule has 6 nitrogen and oxygen atoms in total. The first-order valence-corrected chi connectivity index (χ1v) is 8.88. The Kier molecular flexibility index (Phi) is 5.54. The Morgan fingerprint density at radius 2 is 1.78 bits per heavy atom. The molecule has 1 aliphatic rings. The number of amides is 2. The van der Waals surface area contributed by atoms with Gasteiger partial charge in [-0.2, -0.15) is 5.10 Å². The molecule has 140 valence electrons. The summed E-state index contributed by atoms with van der Waals surface area (Å²) in [6, 6.07) is 16.7. The number of para-hydroxylation sites is 1. The summed E-state index contributed by atoms with van der Waals surface area (Å²) in [4.78, 5) is 26.8. The lowest BCUT2D eigenvalue weighted by Crippen LogP contribution is -2.40. The molecule has 0 aliphatic carbocycles. The fourth-order valence-electron chi connectivity index (χ4n) is 2.96. The topological polar surface area (TPSA) is 62.2 Å². The highest BCUT2D eigenvalue weighted by molar-refractivity contribution is 6.40. The van der Waals surface area contributed by atoms with Crippen molar-refractivity contribution in [3.8, 4) is 5.75 Å². The van der Waals surface area contributed by atoms with E-state index >= 15 is 0 Å². The molecule has 2 aromatic carbocycles. The zero-order chi connectivity index (χ0) is 19.4. The predicted octanol–water partition coefficient (Wildman–Crippen LogP) is 3.40. The van der Waals surface area contributed by atoms with Crippen LogP contribution in [0.3, 0.4) is 0 Å². The van der Waals surface area contributed by atoms with Gasteiger partial charge in [0.2, 0.25) is 5.91 Å². The molecule has 1 heterocycles. The smallest absolute Gasteiger partial charge is 0.270 e. The van der Waals surface area contributed by atoms with Gasteiger partial charge < -0.3 is 9.64 Å². The third-order valence-electron chi connectivity index (χ3n) is 4.78. The summed E-state index contributed by atoms with van der Waals surface area (Å²) in [6.45, 7) is 1.96. The van der Waals surface area contributed by atoms with Crippen LogP contribution >= 0.6 is 0 Å². The molecule has 2 aromatic rings. The van der Waals surface area contributed by atoms with E-state index in [0.29, 0.717) is 17.8 Å². The number of benzene rings is 2. The SMILES string of the molecule is COc1ccc(C(C)N(C)C(=O)C2=NN(c3ccccc3)C(=O)CC2)cc1. The summed E-state index contributed by atoms with van der Waals surface area (Å²) in [6.07, 6.45) is 0.616.